The Kier molecular flexibility index (Phi) is 4.17. The zero-order chi connectivity index (χ0) is 14.7. The fourth-order valence-corrected chi connectivity index (χ4v) is 2.43. The van der Waals surface area contributed by atoms with Gasteiger partial charge in [0, 0.05) is 17.2 Å². The topological polar surface area (TPSA) is 55.6 Å². The molecule has 0 fully saturated rings. The minimum Gasteiger partial charge on any atom is -0.378 e. The molecule has 0 unspecified atom stereocenters. The fraction of sp³-hybridized carbons (Fsp3) is 0.0714. The molecule has 0 saturated carbocycles. The van der Waals surface area contributed by atoms with Crippen LogP contribution in [0.2, 0.25) is 5.02 Å². The van der Waals surface area contributed by atoms with Gasteiger partial charge in [0.05, 0.1) is 10.7 Å². The number of hydrogen-bond donors (Lipinski definition) is 1. The molecule has 1 aromatic carbocycles. The third-order valence-electron chi connectivity index (χ3n) is 2.89. The Morgan fingerprint density at radius 2 is 2.19 bits per heavy atom. The zero-order valence-corrected chi connectivity index (χ0v) is 13.2. The summed E-state index contributed by atoms with van der Waals surface area (Å²) in [5, 5.41) is 8.15. The average Bonchev–Trinajstić information content (AvgIpc) is 3.03. The molecule has 0 radical (unpaired) electrons. The molecule has 1 N–H and O–H groups in total. The van der Waals surface area contributed by atoms with Crippen LogP contribution < -0.4 is 5.32 Å². The highest BCUT2D eigenvalue weighted by atomic mass is 79.9. The number of halogens is 2. The van der Waals surface area contributed by atoms with Crippen molar-refractivity contribution < 1.29 is 0 Å². The van der Waals surface area contributed by atoms with Crippen LogP contribution in [0.1, 0.15) is 5.56 Å². The Bertz CT molecular complexity index is 745. The molecule has 0 aliphatic heterocycles. The van der Waals surface area contributed by atoms with Crippen molar-refractivity contribution in [3.05, 3.63) is 64.2 Å². The number of nitrogens with one attached hydrogen (secondary N) is 1. The van der Waals surface area contributed by atoms with Crippen LogP contribution in [-0.2, 0) is 6.54 Å². The summed E-state index contributed by atoms with van der Waals surface area (Å²) in [6, 6.07) is 9.66. The number of aromatic nitrogens is 4. The maximum atomic E-state index is 5.99. The second-order valence-electron chi connectivity index (χ2n) is 4.32. The van der Waals surface area contributed by atoms with Gasteiger partial charge in [-0.1, -0.05) is 17.7 Å². The van der Waals surface area contributed by atoms with Gasteiger partial charge in [-0.25, -0.2) is 14.6 Å². The first kappa shape index (κ1) is 14.0. The number of pyridine rings is 1. The maximum absolute atomic E-state index is 5.99. The lowest BCUT2D eigenvalue weighted by atomic mass is 10.2. The summed E-state index contributed by atoms with van der Waals surface area (Å²) in [5.74, 6) is 0.711. The van der Waals surface area contributed by atoms with Crippen molar-refractivity contribution in [2.24, 2.45) is 0 Å². The minimum absolute atomic E-state index is 0.656. The SMILES string of the molecule is Clc1ccc(CNc2cccnc2-n2cncn2)cc1Br. The van der Waals surface area contributed by atoms with Crippen LogP contribution >= 0.6 is 27.5 Å². The number of hydrogen-bond acceptors (Lipinski definition) is 4. The van der Waals surface area contributed by atoms with E-state index in [0.29, 0.717) is 17.4 Å². The molecule has 106 valence electrons. The second-order valence-corrected chi connectivity index (χ2v) is 5.58. The smallest absolute Gasteiger partial charge is 0.178 e. The Morgan fingerprint density at radius 1 is 1.29 bits per heavy atom. The van der Waals surface area contributed by atoms with E-state index in [1.54, 1.807) is 17.2 Å². The Morgan fingerprint density at radius 3 is 2.95 bits per heavy atom. The third-order valence-corrected chi connectivity index (χ3v) is 4.10. The molecule has 0 atom stereocenters. The van der Waals surface area contributed by atoms with Gasteiger partial charge in [0.15, 0.2) is 5.82 Å². The Balaban J connectivity index is 1.81. The molecular weight excluding hydrogens is 354 g/mol. The van der Waals surface area contributed by atoms with Crippen molar-refractivity contribution >= 4 is 33.2 Å². The number of benzene rings is 1. The fourth-order valence-electron chi connectivity index (χ4n) is 1.88. The standard InChI is InChI=1S/C14H11BrClN5/c15-11-6-10(3-4-12(11)16)7-19-13-2-1-5-18-14(13)21-9-17-8-20-21/h1-6,8-9,19H,7H2. The molecule has 3 rings (SSSR count). The summed E-state index contributed by atoms with van der Waals surface area (Å²) in [6.07, 6.45) is 4.82. The van der Waals surface area contributed by atoms with Crippen molar-refractivity contribution in [3.8, 4) is 5.82 Å². The van der Waals surface area contributed by atoms with Gasteiger partial charge in [0.1, 0.15) is 12.7 Å². The number of rotatable bonds is 4. The first-order valence-corrected chi connectivity index (χ1v) is 7.39. The minimum atomic E-state index is 0.656. The maximum Gasteiger partial charge on any atom is 0.178 e. The van der Waals surface area contributed by atoms with Gasteiger partial charge < -0.3 is 5.32 Å². The van der Waals surface area contributed by atoms with E-state index in [-0.39, 0.29) is 0 Å². The van der Waals surface area contributed by atoms with E-state index in [1.165, 1.54) is 6.33 Å². The van der Waals surface area contributed by atoms with E-state index < -0.39 is 0 Å². The molecule has 0 amide bonds. The zero-order valence-electron chi connectivity index (χ0n) is 10.9. The molecule has 5 nitrogen and oxygen atoms in total. The lowest BCUT2D eigenvalue weighted by molar-refractivity contribution is 0.844. The largest absolute Gasteiger partial charge is 0.378 e. The van der Waals surface area contributed by atoms with E-state index in [2.05, 4.69) is 36.3 Å². The van der Waals surface area contributed by atoms with Crippen LogP contribution in [0.3, 0.4) is 0 Å². The average molecular weight is 365 g/mol. The molecule has 3 aromatic rings. The molecule has 0 saturated heterocycles. The Hall–Kier alpha value is -1.92. The van der Waals surface area contributed by atoms with Gasteiger partial charge in [0.25, 0.3) is 0 Å². The van der Waals surface area contributed by atoms with Crippen molar-refractivity contribution in [2.75, 3.05) is 5.32 Å². The van der Waals surface area contributed by atoms with Crippen molar-refractivity contribution in [2.45, 2.75) is 6.54 Å². The molecule has 21 heavy (non-hydrogen) atoms. The highest BCUT2D eigenvalue weighted by molar-refractivity contribution is 9.10. The highest BCUT2D eigenvalue weighted by Gasteiger charge is 2.06. The van der Waals surface area contributed by atoms with Gasteiger partial charge in [-0.05, 0) is 45.8 Å². The highest BCUT2D eigenvalue weighted by Crippen LogP contribution is 2.24. The van der Waals surface area contributed by atoms with Crippen molar-refractivity contribution in [1.82, 2.24) is 19.7 Å². The van der Waals surface area contributed by atoms with E-state index in [4.69, 9.17) is 11.6 Å². The lowest BCUT2D eigenvalue weighted by Crippen LogP contribution is -2.06. The molecular formula is C14H11BrClN5. The van der Waals surface area contributed by atoms with Crippen LogP contribution in [0.5, 0.6) is 0 Å². The number of anilines is 1. The van der Waals surface area contributed by atoms with Gasteiger partial charge in [0.2, 0.25) is 0 Å². The predicted molar refractivity (Wildman–Crippen MR) is 85.6 cm³/mol. The summed E-state index contributed by atoms with van der Waals surface area (Å²) in [4.78, 5) is 8.28. The third kappa shape index (κ3) is 3.22. The monoisotopic (exact) mass is 363 g/mol. The van der Waals surface area contributed by atoms with Crippen LogP contribution in [0, 0.1) is 0 Å². The van der Waals surface area contributed by atoms with Crippen LogP contribution in [0.4, 0.5) is 5.69 Å². The molecule has 2 heterocycles. The van der Waals surface area contributed by atoms with Gasteiger partial charge in [-0.3, -0.25) is 0 Å². The molecule has 0 spiro atoms. The summed E-state index contributed by atoms with van der Waals surface area (Å²) >= 11 is 9.42. The van der Waals surface area contributed by atoms with Gasteiger partial charge >= 0.3 is 0 Å². The molecule has 0 aliphatic carbocycles. The molecule has 7 heteroatoms. The molecule has 2 aromatic heterocycles. The molecule has 0 aliphatic rings. The van der Waals surface area contributed by atoms with Gasteiger partial charge in [-0.2, -0.15) is 5.10 Å². The lowest BCUT2D eigenvalue weighted by Gasteiger charge is -2.11. The van der Waals surface area contributed by atoms with Crippen molar-refractivity contribution in [3.63, 3.8) is 0 Å². The van der Waals surface area contributed by atoms with E-state index in [9.17, 15) is 0 Å². The second kappa shape index (κ2) is 6.24. The number of nitrogens with zero attached hydrogens (tertiary/aromatic N) is 4. The van der Waals surface area contributed by atoms with Gasteiger partial charge in [-0.15, -0.1) is 0 Å². The van der Waals surface area contributed by atoms with Crippen molar-refractivity contribution in [1.29, 1.82) is 0 Å². The first-order valence-electron chi connectivity index (χ1n) is 6.22. The summed E-state index contributed by atoms with van der Waals surface area (Å²) < 4.78 is 2.51. The quantitative estimate of drug-likeness (QED) is 0.767. The predicted octanol–water partition coefficient (Wildman–Crippen LogP) is 3.69. The Labute approximate surface area is 135 Å². The van der Waals surface area contributed by atoms with Crippen LogP contribution in [0.15, 0.2) is 53.7 Å². The summed E-state index contributed by atoms with van der Waals surface area (Å²) in [5.41, 5.74) is 1.99. The summed E-state index contributed by atoms with van der Waals surface area (Å²) in [6.45, 7) is 0.656. The van der Waals surface area contributed by atoms with E-state index in [0.717, 1.165) is 15.7 Å². The van der Waals surface area contributed by atoms with E-state index >= 15 is 0 Å². The first-order chi connectivity index (χ1) is 10.2. The van der Waals surface area contributed by atoms with Crippen LogP contribution in [0.25, 0.3) is 5.82 Å². The normalized spacial score (nSPS) is 10.6. The van der Waals surface area contributed by atoms with Crippen LogP contribution in [-0.4, -0.2) is 19.7 Å². The molecule has 0 bridgehead atoms. The summed E-state index contributed by atoms with van der Waals surface area (Å²) in [7, 11) is 0. The van der Waals surface area contributed by atoms with E-state index in [1.807, 2.05) is 30.3 Å².